The van der Waals surface area contributed by atoms with Crippen LogP contribution in [0.5, 0.6) is 0 Å². The van der Waals surface area contributed by atoms with Crippen molar-refractivity contribution in [3.8, 4) is 0 Å². The van der Waals surface area contributed by atoms with E-state index in [1.165, 1.54) is 18.3 Å². The number of carboxylic acids is 1. The van der Waals surface area contributed by atoms with Crippen molar-refractivity contribution in [2.24, 2.45) is 0 Å². The maximum absolute atomic E-state index is 12.2. The van der Waals surface area contributed by atoms with Crippen molar-refractivity contribution >= 4 is 23.5 Å². The average molecular weight is 305 g/mol. The normalized spacial score (nSPS) is 11.7. The quantitative estimate of drug-likeness (QED) is 0.910. The van der Waals surface area contributed by atoms with E-state index in [4.69, 9.17) is 16.7 Å². The number of halogens is 1. The highest BCUT2D eigenvalue weighted by Crippen LogP contribution is 2.17. The molecule has 108 valence electrons. The number of aromatic nitrogens is 1. The van der Waals surface area contributed by atoms with Crippen LogP contribution in [-0.2, 0) is 0 Å². The molecule has 2 aromatic rings. The number of carboxylic acid groups (broad SMARTS) is 1. The molecule has 0 fully saturated rings. The number of rotatable bonds is 4. The highest BCUT2D eigenvalue weighted by Gasteiger charge is 2.19. The molecular weight excluding hydrogens is 292 g/mol. The van der Waals surface area contributed by atoms with Gasteiger partial charge in [-0.05, 0) is 36.8 Å². The SMILES string of the molecule is C[C@@H](NC(=O)c1ncccc1C(=O)O)c1ccc(Cl)cc1. The Labute approximate surface area is 126 Å². The number of hydrogen-bond acceptors (Lipinski definition) is 3. The molecule has 0 radical (unpaired) electrons. The molecule has 1 aromatic heterocycles. The van der Waals surface area contributed by atoms with Crippen molar-refractivity contribution in [3.05, 3.63) is 64.4 Å². The molecule has 0 aliphatic rings. The molecular formula is C15H13ClN2O3. The highest BCUT2D eigenvalue weighted by molar-refractivity contribution is 6.30. The molecule has 0 aliphatic heterocycles. The Hall–Kier alpha value is -2.40. The third-order valence-electron chi connectivity index (χ3n) is 2.97. The van der Waals surface area contributed by atoms with Crippen molar-refractivity contribution in [2.75, 3.05) is 0 Å². The largest absolute Gasteiger partial charge is 0.478 e. The minimum atomic E-state index is -1.19. The van der Waals surface area contributed by atoms with E-state index in [9.17, 15) is 9.59 Å². The smallest absolute Gasteiger partial charge is 0.338 e. The number of hydrogen-bond donors (Lipinski definition) is 2. The number of carbonyl (C=O) groups excluding carboxylic acids is 1. The number of nitrogens with zero attached hydrogens (tertiary/aromatic N) is 1. The first kappa shape index (κ1) is 15.0. The van der Waals surface area contributed by atoms with Crippen molar-refractivity contribution < 1.29 is 14.7 Å². The van der Waals surface area contributed by atoms with Crippen LogP contribution in [0.3, 0.4) is 0 Å². The Bertz CT molecular complexity index is 671. The first-order valence-electron chi connectivity index (χ1n) is 6.23. The molecule has 1 aromatic carbocycles. The van der Waals surface area contributed by atoms with Gasteiger partial charge in [-0.2, -0.15) is 0 Å². The standard InChI is InChI=1S/C15H13ClN2O3/c1-9(10-4-6-11(16)7-5-10)18-14(19)13-12(15(20)21)3-2-8-17-13/h2-9H,1H3,(H,18,19)(H,20,21)/t9-/m1/s1. The Morgan fingerprint density at radius 1 is 1.24 bits per heavy atom. The Balaban J connectivity index is 2.18. The summed E-state index contributed by atoms with van der Waals surface area (Å²) in [6.45, 7) is 1.80. The summed E-state index contributed by atoms with van der Waals surface area (Å²) in [7, 11) is 0. The second-order valence-electron chi connectivity index (χ2n) is 4.45. The Kier molecular flexibility index (Phi) is 4.55. The summed E-state index contributed by atoms with van der Waals surface area (Å²) in [6, 6.07) is 9.57. The predicted molar refractivity (Wildman–Crippen MR) is 78.5 cm³/mol. The van der Waals surface area contributed by atoms with Crippen molar-refractivity contribution in [2.45, 2.75) is 13.0 Å². The van der Waals surface area contributed by atoms with Crippen molar-refractivity contribution in [1.82, 2.24) is 10.3 Å². The zero-order chi connectivity index (χ0) is 15.4. The van der Waals surface area contributed by atoms with Crippen LogP contribution >= 0.6 is 11.6 Å². The van der Waals surface area contributed by atoms with E-state index in [1.807, 2.05) is 0 Å². The molecule has 2 N–H and O–H groups in total. The molecule has 5 nitrogen and oxygen atoms in total. The van der Waals surface area contributed by atoms with Crippen LogP contribution in [0.1, 0.15) is 39.4 Å². The number of pyridine rings is 1. The molecule has 6 heteroatoms. The van der Waals surface area contributed by atoms with Crippen LogP contribution in [0.2, 0.25) is 5.02 Å². The number of carbonyl (C=O) groups is 2. The zero-order valence-corrected chi connectivity index (χ0v) is 12.0. The first-order valence-corrected chi connectivity index (χ1v) is 6.61. The van der Waals surface area contributed by atoms with E-state index in [1.54, 1.807) is 31.2 Å². The second-order valence-corrected chi connectivity index (χ2v) is 4.89. The zero-order valence-electron chi connectivity index (χ0n) is 11.2. The van der Waals surface area contributed by atoms with E-state index < -0.39 is 11.9 Å². The maximum Gasteiger partial charge on any atom is 0.338 e. The molecule has 0 saturated heterocycles. The molecule has 0 spiro atoms. The minimum Gasteiger partial charge on any atom is -0.478 e. The van der Waals surface area contributed by atoms with Gasteiger partial charge in [0.1, 0.15) is 5.69 Å². The lowest BCUT2D eigenvalue weighted by atomic mass is 10.1. The molecule has 1 amide bonds. The third-order valence-corrected chi connectivity index (χ3v) is 3.22. The summed E-state index contributed by atoms with van der Waals surface area (Å²) in [5.41, 5.74) is 0.629. The van der Waals surface area contributed by atoms with E-state index >= 15 is 0 Å². The number of benzene rings is 1. The third kappa shape index (κ3) is 3.58. The van der Waals surface area contributed by atoms with Gasteiger partial charge in [0.2, 0.25) is 0 Å². The van der Waals surface area contributed by atoms with Crippen LogP contribution in [-0.4, -0.2) is 22.0 Å². The lowest BCUT2D eigenvalue weighted by molar-refractivity contribution is 0.0689. The number of amides is 1. The molecule has 0 saturated carbocycles. The summed E-state index contributed by atoms with van der Waals surface area (Å²) in [5.74, 6) is -1.72. The van der Waals surface area contributed by atoms with Crippen molar-refractivity contribution in [1.29, 1.82) is 0 Å². The van der Waals surface area contributed by atoms with Crippen LogP contribution in [0, 0.1) is 0 Å². The Morgan fingerprint density at radius 3 is 2.52 bits per heavy atom. The van der Waals surface area contributed by atoms with Crippen LogP contribution in [0.4, 0.5) is 0 Å². The van der Waals surface area contributed by atoms with E-state index in [0.717, 1.165) is 5.56 Å². The summed E-state index contributed by atoms with van der Waals surface area (Å²) in [6.07, 6.45) is 1.38. The fourth-order valence-corrected chi connectivity index (χ4v) is 1.98. The van der Waals surface area contributed by atoms with Gasteiger partial charge in [-0.15, -0.1) is 0 Å². The van der Waals surface area contributed by atoms with Gasteiger partial charge in [0.15, 0.2) is 0 Å². The topological polar surface area (TPSA) is 79.3 Å². The van der Waals surface area contributed by atoms with Crippen LogP contribution < -0.4 is 5.32 Å². The first-order chi connectivity index (χ1) is 9.99. The molecule has 1 atom stereocenters. The number of nitrogens with one attached hydrogen (secondary N) is 1. The molecule has 0 bridgehead atoms. The van der Waals surface area contributed by atoms with Gasteiger partial charge in [0, 0.05) is 11.2 Å². The van der Waals surface area contributed by atoms with Crippen LogP contribution in [0.15, 0.2) is 42.6 Å². The summed E-state index contributed by atoms with van der Waals surface area (Å²) >= 11 is 5.81. The summed E-state index contributed by atoms with van der Waals surface area (Å²) < 4.78 is 0. The lowest BCUT2D eigenvalue weighted by Crippen LogP contribution is -2.29. The van der Waals surface area contributed by atoms with E-state index in [0.29, 0.717) is 5.02 Å². The lowest BCUT2D eigenvalue weighted by Gasteiger charge is -2.14. The molecule has 2 rings (SSSR count). The average Bonchev–Trinajstić information content (AvgIpc) is 2.47. The van der Waals surface area contributed by atoms with Gasteiger partial charge in [-0.3, -0.25) is 9.78 Å². The van der Waals surface area contributed by atoms with Gasteiger partial charge in [0.25, 0.3) is 5.91 Å². The number of aromatic carboxylic acids is 1. The monoisotopic (exact) mass is 304 g/mol. The summed E-state index contributed by atoms with van der Waals surface area (Å²) in [4.78, 5) is 27.1. The van der Waals surface area contributed by atoms with Gasteiger partial charge < -0.3 is 10.4 Å². The maximum atomic E-state index is 12.2. The van der Waals surface area contributed by atoms with Gasteiger partial charge in [-0.1, -0.05) is 23.7 Å². The second kappa shape index (κ2) is 6.37. The van der Waals surface area contributed by atoms with Crippen LogP contribution in [0.25, 0.3) is 0 Å². The van der Waals surface area contributed by atoms with Gasteiger partial charge >= 0.3 is 5.97 Å². The summed E-state index contributed by atoms with van der Waals surface area (Å²) in [5, 5.41) is 12.4. The highest BCUT2D eigenvalue weighted by atomic mass is 35.5. The molecule has 1 heterocycles. The van der Waals surface area contributed by atoms with E-state index in [-0.39, 0.29) is 17.3 Å². The fraction of sp³-hybridized carbons (Fsp3) is 0.133. The fourth-order valence-electron chi connectivity index (χ4n) is 1.86. The molecule has 0 aliphatic carbocycles. The van der Waals surface area contributed by atoms with Gasteiger partial charge in [0.05, 0.1) is 11.6 Å². The molecule has 21 heavy (non-hydrogen) atoms. The molecule has 0 unspecified atom stereocenters. The predicted octanol–water partition coefficient (Wildman–Crippen LogP) is 2.92. The van der Waals surface area contributed by atoms with Crippen molar-refractivity contribution in [3.63, 3.8) is 0 Å². The van der Waals surface area contributed by atoms with Gasteiger partial charge in [-0.25, -0.2) is 4.79 Å². The minimum absolute atomic E-state index is 0.106. The Morgan fingerprint density at radius 2 is 1.90 bits per heavy atom. The van der Waals surface area contributed by atoms with E-state index in [2.05, 4.69) is 10.3 Å².